The Hall–Kier alpha value is -1.99. The highest BCUT2D eigenvalue weighted by Gasteiger charge is 2.28. The zero-order chi connectivity index (χ0) is 16.7. The Morgan fingerprint density at radius 1 is 1.46 bits per heavy atom. The molecular formula is C17H21N5OS. The molecule has 4 rings (SSSR count). The number of aromatic nitrogens is 2. The van der Waals surface area contributed by atoms with Gasteiger partial charge in [0.25, 0.3) is 5.91 Å². The van der Waals surface area contributed by atoms with Gasteiger partial charge in [-0.15, -0.1) is 11.8 Å². The van der Waals surface area contributed by atoms with Crippen LogP contribution in [0.4, 0.5) is 5.69 Å². The second-order valence-electron chi connectivity index (χ2n) is 6.36. The highest BCUT2D eigenvalue weighted by molar-refractivity contribution is 8.04. The van der Waals surface area contributed by atoms with Crippen molar-refractivity contribution < 1.29 is 4.79 Å². The van der Waals surface area contributed by atoms with E-state index in [2.05, 4.69) is 21.8 Å². The lowest BCUT2D eigenvalue weighted by Gasteiger charge is -2.28. The van der Waals surface area contributed by atoms with Crippen LogP contribution in [0.25, 0.3) is 11.0 Å². The number of pyridine rings is 1. The van der Waals surface area contributed by atoms with Crippen LogP contribution in [0.15, 0.2) is 29.6 Å². The van der Waals surface area contributed by atoms with Gasteiger partial charge in [0.2, 0.25) is 0 Å². The molecule has 6 nitrogen and oxygen atoms in total. The first kappa shape index (κ1) is 15.5. The lowest BCUT2D eigenvalue weighted by Crippen LogP contribution is -2.34. The number of anilines is 1. The molecule has 126 valence electrons. The van der Waals surface area contributed by atoms with E-state index in [0.29, 0.717) is 6.54 Å². The van der Waals surface area contributed by atoms with Crippen molar-refractivity contribution in [1.82, 2.24) is 14.9 Å². The summed E-state index contributed by atoms with van der Waals surface area (Å²) in [7, 11) is 0. The van der Waals surface area contributed by atoms with Gasteiger partial charge in [0.05, 0.1) is 10.6 Å². The van der Waals surface area contributed by atoms with Gasteiger partial charge in [-0.1, -0.05) is 0 Å². The first-order valence-corrected chi connectivity index (χ1v) is 9.21. The van der Waals surface area contributed by atoms with Crippen molar-refractivity contribution in [3.8, 4) is 0 Å². The number of nitrogens with zero attached hydrogens (tertiary/aromatic N) is 3. The predicted molar refractivity (Wildman–Crippen MR) is 97.9 cm³/mol. The van der Waals surface area contributed by atoms with Gasteiger partial charge >= 0.3 is 0 Å². The predicted octanol–water partition coefficient (Wildman–Crippen LogP) is 1.83. The van der Waals surface area contributed by atoms with E-state index >= 15 is 0 Å². The Morgan fingerprint density at radius 3 is 3.12 bits per heavy atom. The number of hydrogen-bond donors (Lipinski definition) is 2. The second-order valence-corrected chi connectivity index (χ2v) is 7.50. The fraction of sp³-hybridized carbons (Fsp3) is 0.412. The lowest BCUT2D eigenvalue weighted by molar-refractivity contribution is -0.125. The van der Waals surface area contributed by atoms with E-state index < -0.39 is 0 Å². The van der Waals surface area contributed by atoms with Crippen molar-refractivity contribution in [2.24, 2.45) is 5.73 Å². The Bertz CT molecular complexity index is 814. The Morgan fingerprint density at radius 2 is 2.33 bits per heavy atom. The number of amides is 1. The van der Waals surface area contributed by atoms with E-state index in [1.54, 1.807) is 11.8 Å². The van der Waals surface area contributed by atoms with Crippen molar-refractivity contribution in [2.45, 2.75) is 19.4 Å². The molecule has 2 aromatic rings. The summed E-state index contributed by atoms with van der Waals surface area (Å²) < 4.78 is 0. The van der Waals surface area contributed by atoms with E-state index in [1.807, 2.05) is 29.6 Å². The minimum atomic E-state index is 0.105. The molecule has 0 bridgehead atoms. The molecule has 1 saturated heterocycles. The first-order valence-electron chi connectivity index (χ1n) is 8.22. The molecule has 0 unspecified atom stereocenters. The summed E-state index contributed by atoms with van der Waals surface area (Å²) >= 11 is 1.63. The van der Waals surface area contributed by atoms with Crippen LogP contribution in [0.1, 0.15) is 12.0 Å². The van der Waals surface area contributed by atoms with Gasteiger partial charge in [-0.2, -0.15) is 0 Å². The van der Waals surface area contributed by atoms with E-state index in [0.717, 1.165) is 52.5 Å². The minimum Gasteiger partial charge on any atom is -0.346 e. The molecule has 0 saturated carbocycles. The Balaban J connectivity index is 1.66. The second kappa shape index (κ2) is 6.14. The number of aryl methyl sites for hydroxylation is 1. The van der Waals surface area contributed by atoms with Crippen LogP contribution in [0.5, 0.6) is 0 Å². The monoisotopic (exact) mass is 343 g/mol. The smallest absolute Gasteiger partial charge is 0.261 e. The van der Waals surface area contributed by atoms with E-state index in [4.69, 9.17) is 5.73 Å². The van der Waals surface area contributed by atoms with Gasteiger partial charge in [-0.25, -0.2) is 4.98 Å². The van der Waals surface area contributed by atoms with Crippen LogP contribution in [-0.2, 0) is 4.79 Å². The molecule has 4 heterocycles. The van der Waals surface area contributed by atoms with Gasteiger partial charge in [-0.3, -0.25) is 4.79 Å². The normalized spacial score (nSPS) is 21.4. The molecule has 24 heavy (non-hydrogen) atoms. The van der Waals surface area contributed by atoms with Crippen molar-refractivity contribution in [3.05, 3.63) is 35.1 Å². The molecule has 0 aromatic carbocycles. The number of carbonyl (C=O) groups excluding carboxylic acids is 1. The number of hydrogen-bond acceptors (Lipinski definition) is 5. The molecule has 7 heteroatoms. The van der Waals surface area contributed by atoms with Gasteiger partial charge in [-0.05, 0) is 25.0 Å². The fourth-order valence-corrected chi connectivity index (χ4v) is 4.33. The summed E-state index contributed by atoms with van der Waals surface area (Å²) in [4.78, 5) is 25.2. The van der Waals surface area contributed by atoms with Crippen LogP contribution in [0.2, 0.25) is 0 Å². The average Bonchev–Trinajstić information content (AvgIpc) is 3.21. The summed E-state index contributed by atoms with van der Waals surface area (Å²) in [6, 6.07) is 2.13. The SMILES string of the molecule is Cc1c[nH]c2nccc(N3C=C(C(=O)N4CC[C@@H](N)C4)SCC3)c12. The number of H-pyrrole nitrogens is 1. The topological polar surface area (TPSA) is 78.2 Å². The highest BCUT2D eigenvalue weighted by atomic mass is 32.2. The summed E-state index contributed by atoms with van der Waals surface area (Å²) in [6.45, 7) is 4.37. The van der Waals surface area contributed by atoms with Crippen LogP contribution in [-0.4, -0.2) is 52.2 Å². The van der Waals surface area contributed by atoms with Crippen LogP contribution < -0.4 is 10.6 Å². The molecule has 1 fully saturated rings. The number of nitrogens with one attached hydrogen (secondary N) is 1. The Labute approximate surface area is 145 Å². The number of aromatic amines is 1. The van der Waals surface area contributed by atoms with Crippen molar-refractivity contribution in [3.63, 3.8) is 0 Å². The number of likely N-dealkylation sites (tertiary alicyclic amines) is 1. The number of rotatable bonds is 2. The van der Waals surface area contributed by atoms with Gasteiger partial charge in [0, 0.05) is 55.4 Å². The Kier molecular flexibility index (Phi) is 3.97. The molecule has 2 aromatic heterocycles. The molecule has 0 radical (unpaired) electrons. The number of thioether (sulfide) groups is 1. The first-order chi connectivity index (χ1) is 11.6. The maximum Gasteiger partial charge on any atom is 0.261 e. The number of fused-ring (bicyclic) bond motifs is 1. The molecule has 2 aliphatic rings. The van der Waals surface area contributed by atoms with E-state index in [-0.39, 0.29) is 11.9 Å². The van der Waals surface area contributed by atoms with Crippen LogP contribution in [0.3, 0.4) is 0 Å². The van der Waals surface area contributed by atoms with Crippen molar-refractivity contribution >= 4 is 34.4 Å². The zero-order valence-corrected chi connectivity index (χ0v) is 14.5. The quantitative estimate of drug-likeness (QED) is 0.870. The van der Waals surface area contributed by atoms with Crippen molar-refractivity contribution in [2.75, 3.05) is 30.3 Å². The summed E-state index contributed by atoms with van der Waals surface area (Å²) in [5.74, 6) is 0.999. The van der Waals surface area contributed by atoms with E-state index in [9.17, 15) is 4.79 Å². The molecule has 0 aliphatic carbocycles. The molecule has 2 aliphatic heterocycles. The number of nitrogens with two attached hydrogens (primary N) is 1. The zero-order valence-electron chi connectivity index (χ0n) is 13.7. The molecule has 0 spiro atoms. The summed E-state index contributed by atoms with van der Waals surface area (Å²) in [5, 5.41) is 1.12. The standard InChI is InChI=1S/C17H21N5OS/c1-11-8-20-16-15(11)13(2-4-19-16)21-6-7-24-14(10-21)17(23)22-5-3-12(18)9-22/h2,4,8,10,12H,3,5-7,9,18H2,1H3,(H,19,20)/t12-/m1/s1. The van der Waals surface area contributed by atoms with E-state index in [1.165, 1.54) is 0 Å². The molecule has 1 atom stereocenters. The lowest BCUT2D eigenvalue weighted by atomic mass is 10.2. The minimum absolute atomic E-state index is 0.105. The average molecular weight is 343 g/mol. The van der Waals surface area contributed by atoms with Crippen LogP contribution >= 0.6 is 11.8 Å². The maximum absolute atomic E-state index is 12.7. The van der Waals surface area contributed by atoms with Crippen molar-refractivity contribution in [1.29, 1.82) is 0 Å². The third-order valence-electron chi connectivity index (χ3n) is 4.64. The highest BCUT2D eigenvalue weighted by Crippen LogP contribution is 2.33. The largest absolute Gasteiger partial charge is 0.346 e. The molecule has 3 N–H and O–H groups in total. The third-order valence-corrected chi connectivity index (χ3v) is 5.62. The van der Waals surface area contributed by atoms with Crippen LogP contribution in [0, 0.1) is 6.92 Å². The van der Waals surface area contributed by atoms with Gasteiger partial charge < -0.3 is 20.5 Å². The van der Waals surface area contributed by atoms with Gasteiger partial charge in [0.1, 0.15) is 5.65 Å². The third kappa shape index (κ3) is 2.67. The molecule has 1 amide bonds. The summed E-state index contributed by atoms with van der Waals surface area (Å²) in [6.07, 6.45) is 6.66. The fourth-order valence-electron chi connectivity index (χ4n) is 3.37. The summed E-state index contributed by atoms with van der Waals surface area (Å²) in [5.41, 5.74) is 9.09. The number of carbonyl (C=O) groups is 1. The molecular weight excluding hydrogens is 322 g/mol. The maximum atomic E-state index is 12.7. The van der Waals surface area contributed by atoms with Gasteiger partial charge in [0.15, 0.2) is 0 Å².